The third kappa shape index (κ3) is 3.31. The summed E-state index contributed by atoms with van der Waals surface area (Å²) in [5.41, 5.74) is 2.21. The van der Waals surface area contributed by atoms with Gasteiger partial charge in [-0.25, -0.2) is 13.2 Å². The summed E-state index contributed by atoms with van der Waals surface area (Å²) in [7, 11) is 0. The molecule has 3 rings (SSSR count). The van der Waals surface area contributed by atoms with E-state index in [2.05, 4.69) is 4.99 Å². The maximum Gasteiger partial charge on any atom is 0.194 e. The highest BCUT2D eigenvalue weighted by Gasteiger charge is 2.13. The van der Waals surface area contributed by atoms with E-state index in [-0.39, 0.29) is 5.56 Å². The first-order chi connectivity index (χ1) is 11.1. The Morgan fingerprint density at radius 2 is 1.35 bits per heavy atom. The zero-order valence-corrected chi connectivity index (χ0v) is 12.0. The van der Waals surface area contributed by atoms with Gasteiger partial charge in [-0.15, -0.1) is 0 Å². The molecular formula is C19H12F3N. The van der Waals surface area contributed by atoms with Crippen LogP contribution in [0.25, 0.3) is 11.1 Å². The van der Waals surface area contributed by atoms with Crippen molar-refractivity contribution in [2.75, 3.05) is 0 Å². The number of halogens is 3. The SMILES string of the molecule is Fc1cc(-c2ccccc2N=Cc2ccccc2)cc(F)c1F. The van der Waals surface area contributed by atoms with Crippen LogP contribution in [0.4, 0.5) is 18.9 Å². The third-order valence-corrected chi connectivity index (χ3v) is 3.35. The van der Waals surface area contributed by atoms with E-state index < -0.39 is 17.5 Å². The molecule has 0 fully saturated rings. The quantitative estimate of drug-likeness (QED) is 0.446. The predicted octanol–water partition coefficient (Wildman–Crippen LogP) is 5.52. The molecule has 4 heteroatoms. The van der Waals surface area contributed by atoms with E-state index in [1.165, 1.54) is 0 Å². The van der Waals surface area contributed by atoms with Crippen molar-refractivity contribution in [3.8, 4) is 11.1 Å². The van der Waals surface area contributed by atoms with Crippen LogP contribution < -0.4 is 0 Å². The van der Waals surface area contributed by atoms with Crippen LogP contribution in [0.5, 0.6) is 0 Å². The Labute approximate surface area is 131 Å². The third-order valence-electron chi connectivity index (χ3n) is 3.35. The Morgan fingerprint density at radius 3 is 2.04 bits per heavy atom. The lowest BCUT2D eigenvalue weighted by molar-refractivity contribution is 0.448. The van der Waals surface area contributed by atoms with Gasteiger partial charge in [0.1, 0.15) is 0 Å². The average molecular weight is 311 g/mol. The van der Waals surface area contributed by atoms with Gasteiger partial charge in [-0.1, -0.05) is 48.5 Å². The predicted molar refractivity (Wildman–Crippen MR) is 85.4 cm³/mol. The smallest absolute Gasteiger partial charge is 0.194 e. The van der Waals surface area contributed by atoms with Crippen molar-refractivity contribution in [3.05, 3.63) is 89.7 Å². The summed E-state index contributed by atoms with van der Waals surface area (Å²) in [4.78, 5) is 4.37. The minimum atomic E-state index is -1.47. The molecule has 0 saturated carbocycles. The van der Waals surface area contributed by atoms with Crippen molar-refractivity contribution in [2.24, 2.45) is 4.99 Å². The molecule has 3 aromatic rings. The molecule has 3 aromatic carbocycles. The van der Waals surface area contributed by atoms with E-state index in [9.17, 15) is 13.2 Å². The molecule has 0 heterocycles. The fourth-order valence-corrected chi connectivity index (χ4v) is 2.22. The fraction of sp³-hybridized carbons (Fsp3) is 0. The number of benzene rings is 3. The van der Waals surface area contributed by atoms with Crippen molar-refractivity contribution in [1.29, 1.82) is 0 Å². The normalized spacial score (nSPS) is 11.1. The summed E-state index contributed by atoms with van der Waals surface area (Å²) in [6.07, 6.45) is 1.66. The topological polar surface area (TPSA) is 12.4 Å². The minimum absolute atomic E-state index is 0.238. The second-order valence-corrected chi connectivity index (χ2v) is 4.94. The van der Waals surface area contributed by atoms with Gasteiger partial charge in [0.2, 0.25) is 0 Å². The Bertz CT molecular complexity index is 834. The van der Waals surface area contributed by atoms with Crippen LogP contribution in [0.2, 0.25) is 0 Å². The summed E-state index contributed by atoms with van der Waals surface area (Å²) in [5.74, 6) is -3.91. The lowest BCUT2D eigenvalue weighted by Gasteiger charge is -2.07. The van der Waals surface area contributed by atoms with Crippen LogP contribution in [0.3, 0.4) is 0 Å². The van der Waals surface area contributed by atoms with E-state index >= 15 is 0 Å². The molecule has 0 bridgehead atoms. The first-order valence-electron chi connectivity index (χ1n) is 6.98. The molecular weight excluding hydrogens is 299 g/mol. The van der Waals surface area contributed by atoms with Gasteiger partial charge in [0.25, 0.3) is 0 Å². The highest BCUT2D eigenvalue weighted by Crippen LogP contribution is 2.31. The highest BCUT2D eigenvalue weighted by molar-refractivity contribution is 5.85. The fourth-order valence-electron chi connectivity index (χ4n) is 2.22. The van der Waals surface area contributed by atoms with Crippen molar-refractivity contribution in [2.45, 2.75) is 0 Å². The van der Waals surface area contributed by atoms with Gasteiger partial charge in [0, 0.05) is 11.8 Å². The molecule has 0 aliphatic heterocycles. The molecule has 0 aliphatic carbocycles. The molecule has 0 atom stereocenters. The van der Waals surface area contributed by atoms with Crippen molar-refractivity contribution in [1.82, 2.24) is 0 Å². The largest absolute Gasteiger partial charge is 0.256 e. The molecule has 1 nitrogen and oxygen atoms in total. The monoisotopic (exact) mass is 311 g/mol. The first kappa shape index (κ1) is 15.0. The van der Waals surface area contributed by atoms with Crippen LogP contribution in [-0.2, 0) is 0 Å². The number of rotatable bonds is 3. The molecule has 0 spiro atoms. The number of nitrogens with zero attached hydrogens (tertiary/aromatic N) is 1. The molecule has 0 amide bonds. The molecule has 0 saturated heterocycles. The standard InChI is InChI=1S/C19H12F3N/c20-16-10-14(11-17(21)19(16)22)15-8-4-5-9-18(15)23-12-13-6-2-1-3-7-13/h1-12H. The van der Waals surface area contributed by atoms with Gasteiger partial charge in [0.15, 0.2) is 17.5 Å². The summed E-state index contributed by atoms with van der Waals surface area (Å²) in [5, 5.41) is 0. The van der Waals surface area contributed by atoms with Crippen molar-refractivity contribution in [3.63, 3.8) is 0 Å². The highest BCUT2D eigenvalue weighted by atomic mass is 19.2. The molecule has 23 heavy (non-hydrogen) atoms. The summed E-state index contributed by atoms with van der Waals surface area (Å²) >= 11 is 0. The van der Waals surface area contributed by atoms with E-state index in [0.717, 1.165) is 17.7 Å². The maximum atomic E-state index is 13.5. The summed E-state index contributed by atoms with van der Waals surface area (Å²) < 4.78 is 40.0. The van der Waals surface area contributed by atoms with E-state index in [1.54, 1.807) is 30.5 Å². The van der Waals surface area contributed by atoms with Crippen molar-refractivity contribution < 1.29 is 13.2 Å². The van der Waals surface area contributed by atoms with E-state index in [4.69, 9.17) is 0 Å². The molecule has 0 radical (unpaired) electrons. The maximum absolute atomic E-state index is 13.5. The molecule has 0 N–H and O–H groups in total. The van der Waals surface area contributed by atoms with Gasteiger partial charge in [-0.3, -0.25) is 4.99 Å². The van der Waals surface area contributed by atoms with Crippen LogP contribution in [0, 0.1) is 17.5 Å². The van der Waals surface area contributed by atoms with Gasteiger partial charge >= 0.3 is 0 Å². The first-order valence-corrected chi connectivity index (χ1v) is 6.98. The zero-order valence-electron chi connectivity index (χ0n) is 12.0. The number of hydrogen-bond acceptors (Lipinski definition) is 1. The number of para-hydroxylation sites is 1. The Balaban J connectivity index is 2.03. The number of aliphatic imine (C=N–C) groups is 1. The van der Waals surface area contributed by atoms with Crippen LogP contribution in [0.15, 0.2) is 71.7 Å². The average Bonchev–Trinajstić information content (AvgIpc) is 2.58. The Kier molecular flexibility index (Phi) is 4.24. The lowest BCUT2D eigenvalue weighted by Crippen LogP contribution is -1.92. The minimum Gasteiger partial charge on any atom is -0.256 e. The van der Waals surface area contributed by atoms with Gasteiger partial charge in [0.05, 0.1) is 5.69 Å². The van der Waals surface area contributed by atoms with Gasteiger partial charge < -0.3 is 0 Å². The zero-order chi connectivity index (χ0) is 16.2. The van der Waals surface area contributed by atoms with E-state index in [0.29, 0.717) is 11.3 Å². The Hall–Kier alpha value is -2.88. The molecule has 0 aromatic heterocycles. The molecule has 114 valence electrons. The molecule has 0 aliphatic rings. The van der Waals surface area contributed by atoms with Crippen LogP contribution in [0.1, 0.15) is 5.56 Å². The van der Waals surface area contributed by atoms with Gasteiger partial charge in [-0.05, 0) is 29.3 Å². The summed E-state index contributed by atoms with van der Waals surface area (Å²) in [6.45, 7) is 0. The van der Waals surface area contributed by atoms with Crippen molar-refractivity contribution >= 4 is 11.9 Å². The summed E-state index contributed by atoms with van der Waals surface area (Å²) in [6, 6.07) is 18.3. The van der Waals surface area contributed by atoms with Gasteiger partial charge in [-0.2, -0.15) is 0 Å². The van der Waals surface area contributed by atoms with E-state index in [1.807, 2.05) is 30.3 Å². The van der Waals surface area contributed by atoms with Crippen LogP contribution in [-0.4, -0.2) is 6.21 Å². The number of hydrogen-bond donors (Lipinski definition) is 0. The molecule has 0 unspecified atom stereocenters. The second kappa shape index (κ2) is 6.48. The second-order valence-electron chi connectivity index (χ2n) is 4.94. The lowest BCUT2D eigenvalue weighted by atomic mass is 10.0. The van der Waals surface area contributed by atoms with Crippen LogP contribution >= 0.6 is 0 Å². The Morgan fingerprint density at radius 1 is 0.739 bits per heavy atom.